The lowest BCUT2D eigenvalue weighted by molar-refractivity contribution is 0.372. The van der Waals surface area contributed by atoms with Gasteiger partial charge in [-0.15, -0.1) is 0 Å². The van der Waals surface area contributed by atoms with Crippen LogP contribution in [0.3, 0.4) is 0 Å². The molecule has 1 aromatic heterocycles. The zero-order valence-corrected chi connectivity index (χ0v) is 9.91. The van der Waals surface area contributed by atoms with Gasteiger partial charge in [-0.25, -0.2) is 4.98 Å². The van der Waals surface area contributed by atoms with E-state index < -0.39 is 0 Å². The average Bonchev–Trinajstić information content (AvgIpc) is 2.46. The van der Waals surface area contributed by atoms with Crippen LogP contribution in [0.2, 0.25) is 0 Å². The normalized spacial score (nSPS) is 12.4. The van der Waals surface area contributed by atoms with E-state index >= 15 is 0 Å². The summed E-state index contributed by atoms with van der Waals surface area (Å²) in [6.07, 6.45) is 3.94. The summed E-state index contributed by atoms with van der Waals surface area (Å²) in [5.41, 5.74) is 0.135. The number of imidazole rings is 1. The number of hydrogen-bond acceptors (Lipinski definition) is 2. The fourth-order valence-corrected chi connectivity index (χ4v) is 1.44. The highest BCUT2D eigenvalue weighted by Crippen LogP contribution is 2.19. The van der Waals surface area contributed by atoms with E-state index in [9.17, 15) is 0 Å². The topological polar surface area (TPSA) is 21.1 Å². The molecule has 0 aliphatic heterocycles. The molecule has 0 N–H and O–H groups in total. The molecule has 3 nitrogen and oxygen atoms in total. The SMILES string of the molecule is CN(C)CCn1ccnc1C(C)(C)C. The van der Waals surface area contributed by atoms with E-state index in [2.05, 4.69) is 55.5 Å². The van der Waals surface area contributed by atoms with Crippen LogP contribution in [0.15, 0.2) is 12.4 Å². The molecular weight excluding hydrogens is 174 g/mol. The number of rotatable bonds is 3. The van der Waals surface area contributed by atoms with Gasteiger partial charge in [0.05, 0.1) is 0 Å². The molecule has 0 atom stereocenters. The fraction of sp³-hybridized carbons (Fsp3) is 0.727. The lowest BCUT2D eigenvalue weighted by atomic mass is 9.96. The van der Waals surface area contributed by atoms with Crippen LogP contribution in [0.25, 0.3) is 0 Å². The monoisotopic (exact) mass is 195 g/mol. The Morgan fingerprint density at radius 2 is 2.00 bits per heavy atom. The maximum atomic E-state index is 4.41. The summed E-state index contributed by atoms with van der Waals surface area (Å²) < 4.78 is 2.24. The summed E-state index contributed by atoms with van der Waals surface area (Å²) in [4.78, 5) is 6.60. The van der Waals surface area contributed by atoms with E-state index in [1.165, 1.54) is 5.82 Å². The Balaban J connectivity index is 2.73. The molecule has 0 aromatic carbocycles. The van der Waals surface area contributed by atoms with E-state index in [1.807, 2.05) is 6.20 Å². The molecule has 1 aromatic rings. The van der Waals surface area contributed by atoms with Crippen molar-refractivity contribution in [2.24, 2.45) is 0 Å². The third-order valence-corrected chi connectivity index (χ3v) is 2.17. The maximum Gasteiger partial charge on any atom is 0.114 e. The standard InChI is InChI=1S/C11H21N3/c1-11(2,3)10-12-6-7-14(10)9-8-13(4)5/h6-7H,8-9H2,1-5H3. The van der Waals surface area contributed by atoms with Crippen molar-refractivity contribution in [3.05, 3.63) is 18.2 Å². The fourth-order valence-electron chi connectivity index (χ4n) is 1.44. The molecule has 1 rings (SSSR count). The summed E-state index contributed by atoms with van der Waals surface area (Å²) in [5.74, 6) is 1.17. The third kappa shape index (κ3) is 2.84. The Bertz CT molecular complexity index is 281. The van der Waals surface area contributed by atoms with Gasteiger partial charge in [-0.1, -0.05) is 20.8 Å². The first kappa shape index (κ1) is 11.2. The van der Waals surface area contributed by atoms with Crippen molar-refractivity contribution in [1.82, 2.24) is 14.5 Å². The maximum absolute atomic E-state index is 4.41. The van der Waals surface area contributed by atoms with Gasteiger partial charge in [0.15, 0.2) is 0 Å². The van der Waals surface area contributed by atoms with Crippen molar-refractivity contribution in [1.29, 1.82) is 0 Å². The molecule has 1 heterocycles. The van der Waals surface area contributed by atoms with E-state index in [0.29, 0.717) is 0 Å². The van der Waals surface area contributed by atoms with Crippen molar-refractivity contribution in [3.8, 4) is 0 Å². The lowest BCUT2D eigenvalue weighted by Gasteiger charge is -2.20. The Morgan fingerprint density at radius 3 is 2.50 bits per heavy atom. The van der Waals surface area contributed by atoms with Crippen LogP contribution < -0.4 is 0 Å². The summed E-state index contributed by atoms with van der Waals surface area (Å²) in [7, 11) is 4.18. The number of likely N-dealkylation sites (N-methyl/N-ethyl adjacent to an activating group) is 1. The molecular formula is C11H21N3. The molecule has 80 valence electrons. The number of aromatic nitrogens is 2. The number of hydrogen-bond donors (Lipinski definition) is 0. The highest BCUT2D eigenvalue weighted by molar-refractivity contribution is 5.04. The van der Waals surface area contributed by atoms with Gasteiger partial charge >= 0.3 is 0 Å². The highest BCUT2D eigenvalue weighted by atomic mass is 15.1. The highest BCUT2D eigenvalue weighted by Gasteiger charge is 2.19. The molecule has 0 aliphatic rings. The molecule has 0 amide bonds. The summed E-state index contributed by atoms with van der Waals surface area (Å²) in [5, 5.41) is 0. The Kier molecular flexibility index (Phi) is 3.32. The minimum atomic E-state index is 0.135. The van der Waals surface area contributed by atoms with Gasteiger partial charge in [-0.2, -0.15) is 0 Å². The van der Waals surface area contributed by atoms with Crippen LogP contribution in [0, 0.1) is 0 Å². The first-order valence-corrected chi connectivity index (χ1v) is 5.07. The molecule has 3 heteroatoms. The van der Waals surface area contributed by atoms with Crippen LogP contribution in [0.4, 0.5) is 0 Å². The van der Waals surface area contributed by atoms with Crippen LogP contribution in [-0.4, -0.2) is 35.1 Å². The third-order valence-electron chi connectivity index (χ3n) is 2.17. The summed E-state index contributed by atoms with van der Waals surface area (Å²) in [6, 6.07) is 0. The van der Waals surface area contributed by atoms with Gasteiger partial charge in [0.25, 0.3) is 0 Å². The predicted octanol–water partition coefficient (Wildman–Crippen LogP) is 1.74. The van der Waals surface area contributed by atoms with Gasteiger partial charge in [-0.05, 0) is 14.1 Å². The van der Waals surface area contributed by atoms with Crippen LogP contribution >= 0.6 is 0 Å². The van der Waals surface area contributed by atoms with Crippen LogP contribution in [0.1, 0.15) is 26.6 Å². The zero-order valence-electron chi connectivity index (χ0n) is 9.91. The minimum Gasteiger partial charge on any atom is -0.333 e. The van der Waals surface area contributed by atoms with Crippen molar-refractivity contribution >= 4 is 0 Å². The largest absolute Gasteiger partial charge is 0.333 e. The molecule has 0 unspecified atom stereocenters. The van der Waals surface area contributed by atoms with E-state index in [0.717, 1.165) is 13.1 Å². The summed E-state index contributed by atoms with van der Waals surface area (Å²) in [6.45, 7) is 8.66. The van der Waals surface area contributed by atoms with Crippen LogP contribution in [-0.2, 0) is 12.0 Å². The minimum absolute atomic E-state index is 0.135. The molecule has 0 saturated carbocycles. The molecule has 0 saturated heterocycles. The zero-order chi connectivity index (χ0) is 10.8. The van der Waals surface area contributed by atoms with Crippen molar-refractivity contribution in [2.75, 3.05) is 20.6 Å². The van der Waals surface area contributed by atoms with Gasteiger partial charge in [-0.3, -0.25) is 0 Å². The molecule has 14 heavy (non-hydrogen) atoms. The average molecular weight is 195 g/mol. The molecule has 0 spiro atoms. The quantitative estimate of drug-likeness (QED) is 0.732. The van der Waals surface area contributed by atoms with Crippen molar-refractivity contribution in [2.45, 2.75) is 32.7 Å². The molecule has 0 bridgehead atoms. The van der Waals surface area contributed by atoms with Crippen LogP contribution in [0.5, 0.6) is 0 Å². The van der Waals surface area contributed by atoms with E-state index in [-0.39, 0.29) is 5.41 Å². The first-order chi connectivity index (χ1) is 6.41. The second-order valence-corrected chi connectivity index (χ2v) is 5.00. The Morgan fingerprint density at radius 1 is 1.36 bits per heavy atom. The second-order valence-electron chi connectivity index (χ2n) is 5.00. The Hall–Kier alpha value is -0.830. The van der Waals surface area contributed by atoms with E-state index in [1.54, 1.807) is 0 Å². The first-order valence-electron chi connectivity index (χ1n) is 5.07. The van der Waals surface area contributed by atoms with E-state index in [4.69, 9.17) is 0 Å². The van der Waals surface area contributed by atoms with Gasteiger partial charge in [0, 0.05) is 30.9 Å². The Labute approximate surface area is 86.7 Å². The van der Waals surface area contributed by atoms with Gasteiger partial charge in [0.2, 0.25) is 0 Å². The van der Waals surface area contributed by atoms with Crippen molar-refractivity contribution < 1.29 is 0 Å². The van der Waals surface area contributed by atoms with Gasteiger partial charge in [0.1, 0.15) is 5.82 Å². The predicted molar refractivity (Wildman–Crippen MR) is 59.5 cm³/mol. The summed E-state index contributed by atoms with van der Waals surface area (Å²) >= 11 is 0. The second kappa shape index (κ2) is 4.13. The van der Waals surface area contributed by atoms with Crippen molar-refractivity contribution in [3.63, 3.8) is 0 Å². The number of nitrogens with zero attached hydrogens (tertiary/aromatic N) is 3. The lowest BCUT2D eigenvalue weighted by Crippen LogP contribution is -2.23. The van der Waals surface area contributed by atoms with Gasteiger partial charge < -0.3 is 9.47 Å². The molecule has 0 aliphatic carbocycles. The molecule has 0 fully saturated rings. The smallest absolute Gasteiger partial charge is 0.114 e. The molecule has 0 radical (unpaired) electrons.